The number of rotatable bonds is 5. The zero-order valence-corrected chi connectivity index (χ0v) is 13.8. The zero-order valence-electron chi connectivity index (χ0n) is 11.4. The molecular formula is C14H12BrNO5S. The van der Waals surface area contributed by atoms with E-state index in [0.717, 1.165) is 0 Å². The van der Waals surface area contributed by atoms with Gasteiger partial charge in [-0.3, -0.25) is 4.72 Å². The lowest BCUT2D eigenvalue weighted by atomic mass is 10.2. The summed E-state index contributed by atoms with van der Waals surface area (Å²) in [7, 11) is -2.54. The third kappa shape index (κ3) is 3.58. The van der Waals surface area contributed by atoms with E-state index in [0.29, 0.717) is 4.47 Å². The van der Waals surface area contributed by atoms with E-state index >= 15 is 0 Å². The third-order valence-corrected chi connectivity index (χ3v) is 4.69. The normalized spacial score (nSPS) is 11.0. The van der Waals surface area contributed by atoms with Crippen LogP contribution in [0, 0.1) is 0 Å². The van der Waals surface area contributed by atoms with Crippen LogP contribution in [0.15, 0.2) is 51.8 Å². The van der Waals surface area contributed by atoms with Gasteiger partial charge in [0, 0.05) is 10.2 Å². The predicted molar refractivity (Wildman–Crippen MR) is 84.9 cm³/mol. The fourth-order valence-electron chi connectivity index (χ4n) is 1.79. The monoisotopic (exact) mass is 385 g/mol. The highest BCUT2D eigenvalue weighted by atomic mass is 79.9. The van der Waals surface area contributed by atoms with Crippen LogP contribution >= 0.6 is 15.9 Å². The maximum Gasteiger partial charge on any atom is 0.335 e. The largest absolute Gasteiger partial charge is 0.495 e. The van der Waals surface area contributed by atoms with E-state index in [1.165, 1.54) is 43.5 Å². The lowest BCUT2D eigenvalue weighted by Gasteiger charge is -2.12. The van der Waals surface area contributed by atoms with Gasteiger partial charge in [-0.1, -0.05) is 22.0 Å². The molecule has 0 amide bonds. The SMILES string of the molecule is COc1cc(Br)ccc1S(=O)(=O)Nc1cccc(C(=O)O)c1. The van der Waals surface area contributed by atoms with Crippen molar-refractivity contribution in [2.24, 2.45) is 0 Å². The molecule has 0 saturated heterocycles. The molecule has 0 aromatic heterocycles. The Bertz CT molecular complexity index is 820. The Kier molecular flexibility index (Phi) is 4.72. The van der Waals surface area contributed by atoms with Gasteiger partial charge in [0.05, 0.1) is 12.7 Å². The van der Waals surface area contributed by atoms with E-state index in [9.17, 15) is 13.2 Å². The van der Waals surface area contributed by atoms with E-state index in [-0.39, 0.29) is 21.9 Å². The molecule has 116 valence electrons. The number of halogens is 1. The number of nitrogens with one attached hydrogen (secondary N) is 1. The van der Waals surface area contributed by atoms with Crippen LogP contribution in [0.1, 0.15) is 10.4 Å². The van der Waals surface area contributed by atoms with E-state index in [4.69, 9.17) is 9.84 Å². The third-order valence-electron chi connectivity index (χ3n) is 2.78. The minimum absolute atomic E-state index is 0.0111. The molecule has 2 aromatic carbocycles. The number of hydrogen-bond donors (Lipinski definition) is 2. The summed E-state index contributed by atoms with van der Waals surface area (Å²) in [4.78, 5) is 10.9. The second kappa shape index (κ2) is 6.37. The van der Waals surface area contributed by atoms with Gasteiger partial charge in [-0.15, -0.1) is 0 Å². The van der Waals surface area contributed by atoms with E-state index in [1.54, 1.807) is 6.07 Å². The maximum atomic E-state index is 12.4. The van der Waals surface area contributed by atoms with Crippen molar-refractivity contribution in [3.05, 3.63) is 52.5 Å². The van der Waals surface area contributed by atoms with Gasteiger partial charge in [-0.25, -0.2) is 13.2 Å². The molecule has 2 rings (SSSR count). The number of carbonyl (C=O) groups is 1. The number of sulfonamides is 1. The Hall–Kier alpha value is -2.06. The van der Waals surface area contributed by atoms with Gasteiger partial charge in [-0.2, -0.15) is 0 Å². The number of carboxylic acid groups (broad SMARTS) is 1. The fraction of sp³-hybridized carbons (Fsp3) is 0.0714. The molecule has 6 nitrogen and oxygen atoms in total. The Morgan fingerprint density at radius 2 is 1.95 bits per heavy atom. The number of benzene rings is 2. The minimum Gasteiger partial charge on any atom is -0.495 e. The van der Waals surface area contributed by atoms with Crippen LogP contribution in [0.25, 0.3) is 0 Å². The van der Waals surface area contributed by atoms with Gasteiger partial charge in [0.2, 0.25) is 0 Å². The van der Waals surface area contributed by atoms with Crippen LogP contribution in [0.4, 0.5) is 5.69 Å². The van der Waals surface area contributed by atoms with Crippen molar-refractivity contribution in [2.45, 2.75) is 4.90 Å². The lowest BCUT2D eigenvalue weighted by Crippen LogP contribution is -2.14. The second-order valence-corrected chi connectivity index (χ2v) is 6.85. The minimum atomic E-state index is -3.90. The molecule has 0 heterocycles. The standard InChI is InChI=1S/C14H12BrNO5S/c1-21-12-8-10(15)5-6-13(12)22(19,20)16-11-4-2-3-9(7-11)14(17)18/h2-8,16H,1H3,(H,17,18). The van der Waals surface area contributed by atoms with E-state index < -0.39 is 16.0 Å². The van der Waals surface area contributed by atoms with Crippen LogP contribution in [0.5, 0.6) is 5.75 Å². The molecule has 22 heavy (non-hydrogen) atoms. The maximum absolute atomic E-state index is 12.4. The van der Waals surface area contributed by atoms with Gasteiger partial charge < -0.3 is 9.84 Å². The van der Waals surface area contributed by atoms with Crippen molar-refractivity contribution in [1.82, 2.24) is 0 Å². The summed E-state index contributed by atoms with van der Waals surface area (Å²) < 4.78 is 32.9. The summed E-state index contributed by atoms with van der Waals surface area (Å²) >= 11 is 3.24. The van der Waals surface area contributed by atoms with Gasteiger partial charge >= 0.3 is 5.97 Å². The molecule has 8 heteroatoms. The molecule has 0 spiro atoms. The molecule has 0 saturated carbocycles. The van der Waals surface area contributed by atoms with Gasteiger partial charge in [0.1, 0.15) is 10.6 Å². The van der Waals surface area contributed by atoms with Crippen molar-refractivity contribution in [3.63, 3.8) is 0 Å². The number of carboxylic acids is 1. The molecule has 0 aliphatic rings. The number of methoxy groups -OCH3 is 1. The molecule has 0 aliphatic heterocycles. The highest BCUT2D eigenvalue weighted by Gasteiger charge is 2.20. The Labute approximate surface area is 135 Å². The summed E-state index contributed by atoms with van der Waals surface area (Å²) in [6.45, 7) is 0. The van der Waals surface area contributed by atoms with Gasteiger partial charge in [-0.05, 0) is 36.4 Å². The van der Waals surface area contributed by atoms with Crippen LogP contribution in [-0.4, -0.2) is 26.6 Å². The van der Waals surface area contributed by atoms with Crippen LogP contribution in [0.2, 0.25) is 0 Å². The van der Waals surface area contributed by atoms with Crippen molar-refractivity contribution in [1.29, 1.82) is 0 Å². The summed E-state index contributed by atoms with van der Waals surface area (Å²) in [6, 6.07) is 10.0. The fourth-order valence-corrected chi connectivity index (χ4v) is 3.33. The van der Waals surface area contributed by atoms with Crippen LogP contribution in [0.3, 0.4) is 0 Å². The molecule has 0 radical (unpaired) electrons. The first kappa shape index (κ1) is 16.3. The number of aromatic carboxylic acids is 1. The molecule has 0 atom stereocenters. The first-order chi connectivity index (χ1) is 10.3. The quantitative estimate of drug-likeness (QED) is 0.824. The highest BCUT2D eigenvalue weighted by molar-refractivity contribution is 9.10. The van der Waals surface area contributed by atoms with Gasteiger partial charge in [0.15, 0.2) is 0 Å². The first-order valence-electron chi connectivity index (χ1n) is 6.03. The molecule has 2 N–H and O–H groups in total. The van der Waals surface area contributed by atoms with Crippen LogP contribution < -0.4 is 9.46 Å². The average molecular weight is 386 g/mol. The Morgan fingerprint density at radius 3 is 2.59 bits per heavy atom. The summed E-state index contributed by atoms with van der Waals surface area (Å²) in [5.74, 6) is -0.960. The average Bonchev–Trinajstić information content (AvgIpc) is 2.46. The Balaban J connectivity index is 2.40. The van der Waals surface area contributed by atoms with Crippen molar-refractivity contribution in [3.8, 4) is 5.75 Å². The highest BCUT2D eigenvalue weighted by Crippen LogP contribution is 2.29. The zero-order chi connectivity index (χ0) is 16.3. The predicted octanol–water partition coefficient (Wildman–Crippen LogP) is 2.96. The summed E-state index contributed by atoms with van der Waals surface area (Å²) in [6.07, 6.45) is 0. The molecule has 2 aromatic rings. The summed E-state index contributed by atoms with van der Waals surface area (Å²) in [5.41, 5.74) is 0.146. The van der Waals surface area contributed by atoms with E-state index in [2.05, 4.69) is 20.7 Å². The second-order valence-electron chi connectivity index (χ2n) is 4.29. The van der Waals surface area contributed by atoms with E-state index in [1.807, 2.05) is 0 Å². The summed E-state index contributed by atoms with van der Waals surface area (Å²) in [5, 5.41) is 8.93. The van der Waals surface area contributed by atoms with Crippen molar-refractivity contribution < 1.29 is 23.1 Å². The smallest absolute Gasteiger partial charge is 0.335 e. The van der Waals surface area contributed by atoms with Gasteiger partial charge in [0.25, 0.3) is 10.0 Å². The Morgan fingerprint density at radius 1 is 1.23 bits per heavy atom. The topological polar surface area (TPSA) is 92.7 Å². The molecular weight excluding hydrogens is 374 g/mol. The van der Waals surface area contributed by atoms with Crippen LogP contribution in [-0.2, 0) is 10.0 Å². The molecule has 0 fully saturated rings. The number of hydrogen-bond acceptors (Lipinski definition) is 4. The molecule has 0 bridgehead atoms. The molecule has 0 aliphatic carbocycles. The van der Waals surface area contributed by atoms with Crippen molar-refractivity contribution >= 4 is 37.6 Å². The number of anilines is 1. The first-order valence-corrected chi connectivity index (χ1v) is 8.31. The number of ether oxygens (including phenoxy) is 1. The van der Waals surface area contributed by atoms with Crippen molar-refractivity contribution in [2.75, 3.05) is 11.8 Å². The lowest BCUT2D eigenvalue weighted by molar-refractivity contribution is 0.0697. The molecule has 0 unspecified atom stereocenters.